The first-order chi connectivity index (χ1) is 13.6. The largest absolute Gasteiger partial charge is 0.455 e. The molecule has 6 nitrogen and oxygen atoms in total. The van der Waals surface area contributed by atoms with Crippen LogP contribution >= 0.6 is 11.6 Å². The third-order valence-electron chi connectivity index (χ3n) is 3.77. The van der Waals surface area contributed by atoms with E-state index in [2.05, 4.69) is 15.8 Å². The minimum atomic E-state index is -0.511. The van der Waals surface area contributed by atoms with Crippen LogP contribution < -0.4 is 10.7 Å². The van der Waals surface area contributed by atoms with E-state index in [1.54, 1.807) is 24.3 Å². The van der Waals surface area contributed by atoms with Crippen molar-refractivity contribution in [3.8, 4) is 11.3 Å². The number of hydrogen-bond donors (Lipinski definition) is 2. The summed E-state index contributed by atoms with van der Waals surface area (Å²) in [7, 11) is 0. The molecule has 0 fully saturated rings. The summed E-state index contributed by atoms with van der Waals surface area (Å²) in [5, 5.41) is 7.11. The Kier molecular flexibility index (Phi) is 6.59. The maximum absolute atomic E-state index is 11.8. The van der Waals surface area contributed by atoms with E-state index in [-0.39, 0.29) is 12.3 Å². The van der Waals surface area contributed by atoms with Gasteiger partial charge < -0.3 is 9.73 Å². The normalized spacial score (nSPS) is 10.8. The summed E-state index contributed by atoms with van der Waals surface area (Å²) in [5.74, 6) is 0.209. The van der Waals surface area contributed by atoms with Gasteiger partial charge in [0.25, 0.3) is 0 Å². The van der Waals surface area contributed by atoms with Gasteiger partial charge in [-0.15, -0.1) is 0 Å². The molecular weight excluding hydrogens is 378 g/mol. The summed E-state index contributed by atoms with van der Waals surface area (Å²) in [5.41, 5.74) is 4.11. The van der Waals surface area contributed by atoms with E-state index in [9.17, 15) is 9.59 Å². The molecule has 28 heavy (non-hydrogen) atoms. The standard InChI is InChI=1S/C21H18ClN3O3/c22-17-8-4-7-16(11-17)19-10-9-18(28-19)14-24-25-21(27)12-20(26)23-13-15-5-2-1-3-6-15/h1-11,14H,12-13H2,(H,23,26)(H,25,27)/b24-14-. The SMILES string of the molecule is O=C(CC(=O)N/N=C\c1ccc(-c2cccc(Cl)c2)o1)NCc1ccccc1. The summed E-state index contributed by atoms with van der Waals surface area (Å²) >= 11 is 5.97. The van der Waals surface area contributed by atoms with Crippen LogP contribution in [0.25, 0.3) is 11.3 Å². The van der Waals surface area contributed by atoms with Gasteiger partial charge in [-0.3, -0.25) is 9.59 Å². The molecule has 2 N–H and O–H groups in total. The van der Waals surface area contributed by atoms with Crippen LogP contribution in [0.4, 0.5) is 0 Å². The van der Waals surface area contributed by atoms with Gasteiger partial charge in [-0.05, 0) is 29.8 Å². The number of carbonyl (C=O) groups excluding carboxylic acids is 2. The highest BCUT2D eigenvalue weighted by molar-refractivity contribution is 6.30. The van der Waals surface area contributed by atoms with Crippen molar-refractivity contribution in [3.05, 3.63) is 83.1 Å². The van der Waals surface area contributed by atoms with Crippen LogP contribution in [0.15, 0.2) is 76.2 Å². The predicted molar refractivity (Wildman–Crippen MR) is 108 cm³/mol. The zero-order valence-corrected chi connectivity index (χ0v) is 15.6. The maximum atomic E-state index is 11.8. The summed E-state index contributed by atoms with van der Waals surface area (Å²) < 4.78 is 5.64. The van der Waals surface area contributed by atoms with Gasteiger partial charge in [0.1, 0.15) is 17.9 Å². The van der Waals surface area contributed by atoms with Crippen LogP contribution in [0.2, 0.25) is 5.02 Å². The topological polar surface area (TPSA) is 83.7 Å². The van der Waals surface area contributed by atoms with Crippen molar-refractivity contribution >= 4 is 29.6 Å². The minimum absolute atomic E-state index is 0.309. The Morgan fingerprint density at radius 3 is 2.61 bits per heavy atom. The van der Waals surface area contributed by atoms with Crippen molar-refractivity contribution in [2.75, 3.05) is 0 Å². The zero-order chi connectivity index (χ0) is 19.8. The molecule has 7 heteroatoms. The number of rotatable bonds is 7. The third-order valence-corrected chi connectivity index (χ3v) is 4.01. The first kappa shape index (κ1) is 19.4. The Morgan fingerprint density at radius 1 is 1.00 bits per heavy atom. The van der Waals surface area contributed by atoms with Gasteiger partial charge in [-0.1, -0.05) is 54.1 Å². The van der Waals surface area contributed by atoms with Gasteiger partial charge in [-0.2, -0.15) is 5.10 Å². The Hall–Kier alpha value is -3.38. The lowest BCUT2D eigenvalue weighted by Crippen LogP contribution is -2.29. The van der Waals surface area contributed by atoms with Gasteiger partial charge in [-0.25, -0.2) is 5.43 Å². The highest BCUT2D eigenvalue weighted by Gasteiger charge is 2.08. The van der Waals surface area contributed by atoms with E-state index >= 15 is 0 Å². The Morgan fingerprint density at radius 2 is 1.82 bits per heavy atom. The van der Waals surface area contributed by atoms with Crippen molar-refractivity contribution in [1.29, 1.82) is 0 Å². The fourth-order valence-corrected chi connectivity index (χ4v) is 2.62. The average molecular weight is 396 g/mol. The first-order valence-electron chi connectivity index (χ1n) is 8.58. The minimum Gasteiger partial charge on any atom is -0.455 e. The summed E-state index contributed by atoms with van der Waals surface area (Å²) in [6.45, 7) is 0.370. The number of benzene rings is 2. The molecule has 2 amide bonds. The van der Waals surface area contributed by atoms with Gasteiger partial charge in [0, 0.05) is 17.1 Å². The lowest BCUT2D eigenvalue weighted by Gasteiger charge is -2.04. The number of nitrogens with one attached hydrogen (secondary N) is 2. The summed E-state index contributed by atoms with van der Waals surface area (Å²) in [6.07, 6.45) is 1.06. The Labute approximate surface area is 167 Å². The van der Waals surface area contributed by atoms with Crippen LogP contribution in [-0.2, 0) is 16.1 Å². The Bertz CT molecular complexity index is 983. The number of hydrazone groups is 1. The lowest BCUT2D eigenvalue weighted by atomic mass is 10.2. The van der Waals surface area contributed by atoms with Crippen LogP contribution in [0.5, 0.6) is 0 Å². The number of hydrogen-bond acceptors (Lipinski definition) is 4. The average Bonchev–Trinajstić information content (AvgIpc) is 3.16. The molecule has 1 aromatic heterocycles. The van der Waals surface area contributed by atoms with E-state index in [1.165, 1.54) is 6.21 Å². The molecule has 0 saturated carbocycles. The Balaban J connectivity index is 1.45. The van der Waals surface area contributed by atoms with Crippen LogP contribution in [0.3, 0.4) is 0 Å². The molecule has 142 valence electrons. The quantitative estimate of drug-likeness (QED) is 0.363. The van der Waals surface area contributed by atoms with Crippen molar-refractivity contribution in [2.45, 2.75) is 13.0 Å². The molecule has 0 aliphatic rings. The summed E-state index contributed by atoms with van der Waals surface area (Å²) in [4.78, 5) is 23.6. The molecule has 0 unspecified atom stereocenters. The molecule has 0 radical (unpaired) electrons. The van der Waals surface area contributed by atoms with Crippen LogP contribution in [0, 0.1) is 0 Å². The van der Waals surface area contributed by atoms with Crippen molar-refractivity contribution in [1.82, 2.24) is 10.7 Å². The van der Waals surface area contributed by atoms with E-state index in [0.717, 1.165) is 11.1 Å². The van der Waals surface area contributed by atoms with Gasteiger partial charge in [0.2, 0.25) is 11.8 Å². The monoisotopic (exact) mass is 395 g/mol. The van der Waals surface area contributed by atoms with E-state index in [0.29, 0.717) is 23.1 Å². The summed E-state index contributed by atoms with van der Waals surface area (Å²) in [6, 6.07) is 20.2. The second kappa shape index (κ2) is 9.53. The second-order valence-electron chi connectivity index (χ2n) is 5.94. The second-order valence-corrected chi connectivity index (χ2v) is 6.38. The third kappa shape index (κ3) is 5.82. The molecule has 0 saturated heterocycles. The fraction of sp³-hybridized carbons (Fsp3) is 0.0952. The molecule has 0 spiro atoms. The van der Waals surface area contributed by atoms with Crippen LogP contribution in [0.1, 0.15) is 17.7 Å². The number of carbonyl (C=O) groups is 2. The maximum Gasteiger partial charge on any atom is 0.249 e. The van der Waals surface area contributed by atoms with E-state index < -0.39 is 5.91 Å². The van der Waals surface area contributed by atoms with Crippen molar-refractivity contribution in [3.63, 3.8) is 0 Å². The van der Waals surface area contributed by atoms with E-state index in [1.807, 2.05) is 42.5 Å². The number of nitrogens with zero attached hydrogens (tertiary/aromatic N) is 1. The van der Waals surface area contributed by atoms with Crippen LogP contribution in [-0.4, -0.2) is 18.0 Å². The van der Waals surface area contributed by atoms with Gasteiger partial charge in [0.15, 0.2) is 0 Å². The van der Waals surface area contributed by atoms with Gasteiger partial charge >= 0.3 is 0 Å². The molecule has 3 aromatic rings. The van der Waals surface area contributed by atoms with Gasteiger partial charge in [0.05, 0.1) is 6.21 Å². The molecule has 0 aliphatic heterocycles. The molecular formula is C21H18ClN3O3. The van der Waals surface area contributed by atoms with Crippen molar-refractivity contribution in [2.24, 2.45) is 5.10 Å². The van der Waals surface area contributed by atoms with E-state index in [4.69, 9.17) is 16.0 Å². The number of halogens is 1. The zero-order valence-electron chi connectivity index (χ0n) is 14.9. The fourth-order valence-electron chi connectivity index (χ4n) is 2.43. The molecule has 1 heterocycles. The smallest absolute Gasteiger partial charge is 0.249 e. The van der Waals surface area contributed by atoms with Crippen molar-refractivity contribution < 1.29 is 14.0 Å². The highest BCUT2D eigenvalue weighted by Crippen LogP contribution is 2.24. The number of furan rings is 1. The predicted octanol–water partition coefficient (Wildman–Crippen LogP) is 3.76. The lowest BCUT2D eigenvalue weighted by molar-refractivity contribution is -0.129. The number of amides is 2. The molecule has 0 bridgehead atoms. The highest BCUT2D eigenvalue weighted by atomic mass is 35.5. The molecule has 3 rings (SSSR count). The first-order valence-corrected chi connectivity index (χ1v) is 8.96. The molecule has 2 aromatic carbocycles. The molecule has 0 atom stereocenters. The molecule has 0 aliphatic carbocycles.